The Morgan fingerprint density at radius 1 is 1.04 bits per heavy atom. The van der Waals surface area contributed by atoms with Crippen molar-refractivity contribution in [2.45, 2.75) is 18.4 Å². The summed E-state index contributed by atoms with van der Waals surface area (Å²) in [5.41, 5.74) is 3.34. The lowest BCUT2D eigenvalue weighted by atomic mass is 10.1. The van der Waals surface area contributed by atoms with Crippen molar-refractivity contribution in [1.82, 2.24) is 15.1 Å². The third kappa shape index (κ3) is 4.94. The summed E-state index contributed by atoms with van der Waals surface area (Å²) in [4.78, 5) is 30.3. The van der Waals surface area contributed by atoms with Crippen molar-refractivity contribution in [3.8, 4) is 0 Å². The Hall–Kier alpha value is -2.31. The van der Waals surface area contributed by atoms with E-state index in [2.05, 4.69) is 17.3 Å². The normalized spacial score (nSPS) is 14.8. The second-order valence-electron chi connectivity index (χ2n) is 7.16. The largest absolute Gasteiger partial charge is 0.348 e. The summed E-state index contributed by atoms with van der Waals surface area (Å²) in [5.74, 6) is -0.000759. The summed E-state index contributed by atoms with van der Waals surface area (Å²) in [7, 11) is 2.07. The smallest absolute Gasteiger partial charge is 0.253 e. The first-order valence-corrected chi connectivity index (χ1v) is 10.7. The van der Waals surface area contributed by atoms with Crippen LogP contribution in [0.5, 0.6) is 0 Å². The highest BCUT2D eigenvalue weighted by molar-refractivity contribution is 7.98. The fourth-order valence-corrected chi connectivity index (χ4v) is 3.65. The van der Waals surface area contributed by atoms with Crippen LogP contribution in [0.25, 0.3) is 0 Å². The lowest BCUT2D eigenvalue weighted by Gasteiger charge is -2.32. The van der Waals surface area contributed by atoms with Crippen LogP contribution in [0, 0.1) is 6.92 Å². The van der Waals surface area contributed by atoms with E-state index in [4.69, 9.17) is 0 Å². The van der Waals surface area contributed by atoms with Crippen LogP contribution in [0.4, 0.5) is 0 Å². The molecule has 5 nitrogen and oxygen atoms in total. The summed E-state index contributed by atoms with van der Waals surface area (Å²) in [6, 6.07) is 13.4. The number of carbonyl (C=O) groups excluding carboxylic acids is 2. The Morgan fingerprint density at radius 3 is 2.36 bits per heavy atom. The predicted octanol–water partition coefficient (Wildman–Crippen LogP) is 3.03. The van der Waals surface area contributed by atoms with Gasteiger partial charge in [-0.05, 0) is 55.6 Å². The lowest BCUT2D eigenvalue weighted by molar-refractivity contribution is 0.0664. The Bertz CT molecular complexity index is 843. The summed E-state index contributed by atoms with van der Waals surface area (Å²) in [5, 5.41) is 2.98. The van der Waals surface area contributed by atoms with Crippen LogP contribution in [0.2, 0.25) is 0 Å². The number of amides is 2. The molecule has 0 spiro atoms. The Morgan fingerprint density at radius 2 is 1.71 bits per heavy atom. The number of nitrogens with zero attached hydrogens (tertiary/aromatic N) is 2. The van der Waals surface area contributed by atoms with E-state index >= 15 is 0 Å². The zero-order valence-corrected chi connectivity index (χ0v) is 17.5. The molecule has 2 aromatic rings. The van der Waals surface area contributed by atoms with Crippen LogP contribution in [0.15, 0.2) is 47.4 Å². The van der Waals surface area contributed by atoms with Crippen molar-refractivity contribution in [3.63, 3.8) is 0 Å². The molecule has 1 aliphatic rings. The fraction of sp³-hybridized carbons (Fsp3) is 0.364. The second kappa shape index (κ2) is 9.26. The van der Waals surface area contributed by atoms with Crippen LogP contribution in [0.3, 0.4) is 0 Å². The highest BCUT2D eigenvalue weighted by Gasteiger charge is 2.20. The molecule has 2 amide bonds. The van der Waals surface area contributed by atoms with Crippen molar-refractivity contribution in [2.24, 2.45) is 0 Å². The van der Waals surface area contributed by atoms with E-state index in [0.717, 1.165) is 42.2 Å². The molecule has 1 heterocycles. The van der Waals surface area contributed by atoms with E-state index < -0.39 is 0 Å². The van der Waals surface area contributed by atoms with Gasteiger partial charge in [-0.1, -0.05) is 18.2 Å². The van der Waals surface area contributed by atoms with E-state index in [1.165, 1.54) is 0 Å². The fourth-order valence-electron chi connectivity index (χ4n) is 3.21. The van der Waals surface area contributed by atoms with Gasteiger partial charge in [-0.15, -0.1) is 11.8 Å². The average Bonchev–Trinajstić information content (AvgIpc) is 2.73. The van der Waals surface area contributed by atoms with Crippen molar-refractivity contribution in [3.05, 3.63) is 64.7 Å². The molecule has 1 aliphatic heterocycles. The van der Waals surface area contributed by atoms with Crippen LogP contribution in [0.1, 0.15) is 31.8 Å². The molecule has 0 bridgehead atoms. The molecule has 0 saturated carbocycles. The van der Waals surface area contributed by atoms with Crippen molar-refractivity contribution < 1.29 is 9.59 Å². The van der Waals surface area contributed by atoms with E-state index in [1.807, 2.05) is 60.5 Å². The molecule has 1 N–H and O–H groups in total. The maximum absolute atomic E-state index is 12.6. The number of hydrogen-bond acceptors (Lipinski definition) is 4. The quantitative estimate of drug-likeness (QED) is 0.788. The van der Waals surface area contributed by atoms with E-state index in [0.29, 0.717) is 17.7 Å². The number of thioether (sulfide) groups is 1. The molecular weight excluding hydrogens is 370 g/mol. The Kier molecular flexibility index (Phi) is 6.75. The summed E-state index contributed by atoms with van der Waals surface area (Å²) < 4.78 is 0. The Balaban J connectivity index is 1.58. The van der Waals surface area contributed by atoms with Crippen molar-refractivity contribution in [1.29, 1.82) is 0 Å². The number of benzene rings is 2. The molecule has 0 radical (unpaired) electrons. The zero-order chi connectivity index (χ0) is 20.1. The topological polar surface area (TPSA) is 52.7 Å². The maximum Gasteiger partial charge on any atom is 0.253 e. The summed E-state index contributed by atoms with van der Waals surface area (Å²) in [6.07, 6.45) is 2.00. The SMILES string of the molecule is CSc1ccc(C)c(C(=O)NCc2ccc(C(=O)N3CCN(C)CC3)cc2)c1. The van der Waals surface area contributed by atoms with Gasteiger partial charge in [0.2, 0.25) is 0 Å². The second-order valence-corrected chi connectivity index (χ2v) is 8.04. The minimum Gasteiger partial charge on any atom is -0.348 e. The lowest BCUT2D eigenvalue weighted by Crippen LogP contribution is -2.47. The standard InChI is InChI=1S/C22H27N3O2S/c1-16-4-9-19(28-3)14-20(16)21(26)23-15-17-5-7-18(8-6-17)22(27)25-12-10-24(2)11-13-25/h4-9,14H,10-13,15H2,1-3H3,(H,23,26). The highest BCUT2D eigenvalue weighted by Crippen LogP contribution is 2.19. The highest BCUT2D eigenvalue weighted by atomic mass is 32.2. The first-order valence-electron chi connectivity index (χ1n) is 9.47. The molecule has 1 fully saturated rings. The number of carbonyl (C=O) groups is 2. The predicted molar refractivity (Wildman–Crippen MR) is 114 cm³/mol. The van der Waals surface area contributed by atoms with Gasteiger partial charge in [-0.2, -0.15) is 0 Å². The molecule has 0 atom stereocenters. The molecule has 6 heteroatoms. The van der Waals surface area contributed by atoms with Crippen molar-refractivity contribution in [2.75, 3.05) is 39.5 Å². The van der Waals surface area contributed by atoms with Gasteiger partial charge in [0.25, 0.3) is 11.8 Å². The molecule has 148 valence electrons. The molecule has 0 aromatic heterocycles. The van der Waals surface area contributed by atoms with E-state index in [9.17, 15) is 9.59 Å². The van der Waals surface area contributed by atoms with Crippen LogP contribution < -0.4 is 5.32 Å². The molecule has 28 heavy (non-hydrogen) atoms. The number of hydrogen-bond donors (Lipinski definition) is 1. The molecule has 2 aromatic carbocycles. The third-order valence-electron chi connectivity index (χ3n) is 5.13. The third-order valence-corrected chi connectivity index (χ3v) is 5.86. The number of likely N-dealkylation sites (N-methyl/N-ethyl adjacent to an activating group) is 1. The minimum atomic E-state index is -0.0778. The number of piperazine rings is 1. The molecule has 0 unspecified atom stereocenters. The van der Waals surface area contributed by atoms with Crippen LogP contribution >= 0.6 is 11.8 Å². The van der Waals surface area contributed by atoms with Gasteiger partial charge < -0.3 is 15.1 Å². The average molecular weight is 398 g/mol. The first-order chi connectivity index (χ1) is 13.5. The number of nitrogens with one attached hydrogen (secondary N) is 1. The molecular formula is C22H27N3O2S. The van der Waals surface area contributed by atoms with Gasteiger partial charge in [0.1, 0.15) is 0 Å². The molecule has 0 aliphatic carbocycles. The van der Waals surface area contributed by atoms with Gasteiger partial charge in [-0.25, -0.2) is 0 Å². The van der Waals surface area contributed by atoms with Crippen LogP contribution in [-0.2, 0) is 6.54 Å². The van der Waals surface area contributed by atoms with E-state index in [1.54, 1.807) is 11.8 Å². The van der Waals surface area contributed by atoms with Gasteiger partial charge in [-0.3, -0.25) is 9.59 Å². The first kappa shape index (κ1) is 20.4. The maximum atomic E-state index is 12.6. The summed E-state index contributed by atoms with van der Waals surface area (Å²) in [6.45, 7) is 5.73. The zero-order valence-electron chi connectivity index (χ0n) is 16.7. The van der Waals surface area contributed by atoms with Crippen molar-refractivity contribution >= 4 is 23.6 Å². The van der Waals surface area contributed by atoms with Crippen LogP contribution in [-0.4, -0.2) is 61.1 Å². The monoisotopic (exact) mass is 397 g/mol. The number of aryl methyl sites for hydroxylation is 1. The van der Waals surface area contributed by atoms with Gasteiger partial charge in [0.15, 0.2) is 0 Å². The number of rotatable bonds is 5. The molecule has 1 saturated heterocycles. The summed E-state index contributed by atoms with van der Waals surface area (Å²) >= 11 is 1.62. The Labute approximate surface area is 171 Å². The van der Waals surface area contributed by atoms with Gasteiger partial charge >= 0.3 is 0 Å². The minimum absolute atomic E-state index is 0.0770. The van der Waals surface area contributed by atoms with E-state index in [-0.39, 0.29) is 11.8 Å². The van der Waals surface area contributed by atoms with Gasteiger partial charge in [0.05, 0.1) is 0 Å². The molecule has 3 rings (SSSR count). The van der Waals surface area contributed by atoms with Gasteiger partial charge in [0, 0.05) is 48.7 Å².